The molecule has 1 rings (SSSR count). The predicted octanol–water partition coefficient (Wildman–Crippen LogP) is 0.730. The van der Waals surface area contributed by atoms with Crippen molar-refractivity contribution in [3.63, 3.8) is 0 Å². The normalized spacial score (nSPS) is 36.1. The van der Waals surface area contributed by atoms with E-state index in [4.69, 9.17) is 10.8 Å². The van der Waals surface area contributed by atoms with E-state index in [2.05, 4.69) is 6.92 Å². The highest BCUT2D eigenvalue weighted by Gasteiger charge is 2.39. The van der Waals surface area contributed by atoms with Gasteiger partial charge in [-0.25, -0.2) is 4.79 Å². The number of hydrogen-bond acceptors (Lipinski definition) is 3. The summed E-state index contributed by atoms with van der Waals surface area (Å²) in [7, 11) is 0. The second kappa shape index (κ2) is 4.28. The minimum absolute atomic E-state index is 0.585. The van der Waals surface area contributed by atoms with E-state index in [-0.39, 0.29) is 0 Å². The largest absolute Gasteiger partial charge is 0.479 e. The van der Waals surface area contributed by atoms with Crippen LogP contribution in [0, 0.1) is 5.92 Å². The second-order valence-corrected chi connectivity index (χ2v) is 4.51. The Balaban J connectivity index is 2.67. The van der Waals surface area contributed by atoms with Crippen molar-refractivity contribution in [2.24, 2.45) is 11.7 Å². The van der Waals surface area contributed by atoms with Crippen molar-refractivity contribution in [1.29, 1.82) is 0 Å². The number of hydrogen-bond donors (Lipinski definition) is 3. The fourth-order valence-corrected chi connectivity index (χ4v) is 2.08. The third kappa shape index (κ3) is 2.45. The minimum atomic E-state index is -1.42. The molecular weight excluding hydrogens is 182 g/mol. The average Bonchev–Trinajstić information content (AvgIpc) is 2.28. The molecule has 82 valence electrons. The summed E-state index contributed by atoms with van der Waals surface area (Å²) in [6.45, 7) is 2.14. The number of nitrogens with two attached hydrogens (primary N) is 1. The third-order valence-electron chi connectivity index (χ3n) is 3.22. The molecule has 0 aliphatic heterocycles. The Morgan fingerprint density at radius 2 is 2.14 bits per heavy atom. The smallest absolute Gasteiger partial charge is 0.334 e. The Labute approximate surface area is 84.1 Å². The van der Waals surface area contributed by atoms with Crippen LogP contribution in [0.5, 0.6) is 0 Å². The van der Waals surface area contributed by atoms with Gasteiger partial charge in [-0.1, -0.05) is 19.8 Å². The molecule has 14 heavy (non-hydrogen) atoms. The van der Waals surface area contributed by atoms with Gasteiger partial charge in [-0.15, -0.1) is 0 Å². The topological polar surface area (TPSA) is 83.5 Å². The highest BCUT2D eigenvalue weighted by atomic mass is 16.4. The molecule has 4 heteroatoms. The van der Waals surface area contributed by atoms with Gasteiger partial charge >= 0.3 is 5.97 Å². The van der Waals surface area contributed by atoms with Crippen molar-refractivity contribution < 1.29 is 15.0 Å². The molecule has 0 amide bonds. The van der Waals surface area contributed by atoms with Gasteiger partial charge in [0, 0.05) is 0 Å². The molecule has 0 heterocycles. The van der Waals surface area contributed by atoms with E-state index in [9.17, 15) is 9.90 Å². The predicted molar refractivity (Wildman–Crippen MR) is 52.8 cm³/mol. The lowest BCUT2D eigenvalue weighted by Crippen LogP contribution is -2.54. The van der Waals surface area contributed by atoms with Crippen molar-refractivity contribution in [3.05, 3.63) is 0 Å². The minimum Gasteiger partial charge on any atom is -0.479 e. The lowest BCUT2D eigenvalue weighted by Gasteiger charge is -2.30. The lowest BCUT2D eigenvalue weighted by atomic mass is 9.85. The van der Waals surface area contributed by atoms with Gasteiger partial charge in [0.25, 0.3) is 0 Å². The first-order chi connectivity index (χ1) is 6.46. The first kappa shape index (κ1) is 11.5. The maximum Gasteiger partial charge on any atom is 0.334 e. The van der Waals surface area contributed by atoms with Crippen LogP contribution in [0.15, 0.2) is 0 Å². The maximum atomic E-state index is 10.7. The molecule has 3 unspecified atom stereocenters. The molecule has 0 saturated heterocycles. The lowest BCUT2D eigenvalue weighted by molar-refractivity contribution is -0.150. The summed E-state index contributed by atoms with van der Waals surface area (Å²) in [4.78, 5) is 10.7. The van der Waals surface area contributed by atoms with Crippen LogP contribution >= 0.6 is 0 Å². The molecule has 0 aromatic rings. The molecule has 0 aromatic carbocycles. The maximum absolute atomic E-state index is 10.7. The van der Waals surface area contributed by atoms with Crippen LogP contribution in [0.1, 0.15) is 39.0 Å². The molecule has 0 bridgehead atoms. The molecule has 1 aliphatic carbocycles. The van der Waals surface area contributed by atoms with Gasteiger partial charge in [0.15, 0.2) is 6.10 Å². The second-order valence-electron chi connectivity index (χ2n) is 4.51. The molecule has 1 fully saturated rings. The summed E-state index contributed by atoms with van der Waals surface area (Å²) in [5.41, 5.74) is 5.01. The van der Waals surface area contributed by atoms with E-state index in [1.54, 1.807) is 0 Å². The summed E-state index contributed by atoms with van der Waals surface area (Å²) in [5.74, 6) is -0.622. The number of rotatable bonds is 2. The number of carboxylic acid groups (broad SMARTS) is 1. The van der Waals surface area contributed by atoms with Gasteiger partial charge in [-0.2, -0.15) is 0 Å². The Kier molecular flexibility index (Phi) is 3.50. The summed E-state index contributed by atoms with van der Waals surface area (Å²) in [5, 5.41) is 18.2. The monoisotopic (exact) mass is 201 g/mol. The fraction of sp³-hybridized carbons (Fsp3) is 0.900. The van der Waals surface area contributed by atoms with Gasteiger partial charge in [0.1, 0.15) is 0 Å². The summed E-state index contributed by atoms with van der Waals surface area (Å²) < 4.78 is 0. The first-order valence-corrected chi connectivity index (χ1v) is 5.15. The van der Waals surface area contributed by atoms with E-state index in [1.807, 2.05) is 0 Å². The van der Waals surface area contributed by atoms with Gasteiger partial charge in [-0.05, 0) is 25.2 Å². The van der Waals surface area contributed by atoms with Crippen molar-refractivity contribution in [2.75, 3.05) is 0 Å². The number of aliphatic hydroxyl groups excluding tert-OH is 1. The number of aliphatic carboxylic acids is 1. The molecule has 1 saturated carbocycles. The standard InChI is InChI=1S/C10H19NO3/c1-7-3-2-5-10(11,6-4-7)8(12)9(13)14/h7-8,12H,2-6,11H2,1H3,(H,13,14). The Morgan fingerprint density at radius 3 is 2.71 bits per heavy atom. The molecule has 1 aliphatic rings. The number of carbonyl (C=O) groups is 1. The van der Waals surface area contributed by atoms with Crippen molar-refractivity contribution >= 4 is 5.97 Å². The van der Waals surface area contributed by atoms with Crippen molar-refractivity contribution in [3.8, 4) is 0 Å². The van der Waals surface area contributed by atoms with E-state index in [0.29, 0.717) is 18.8 Å². The third-order valence-corrected chi connectivity index (χ3v) is 3.22. The highest BCUT2D eigenvalue weighted by molar-refractivity contribution is 5.73. The van der Waals surface area contributed by atoms with Crippen LogP contribution in [0.2, 0.25) is 0 Å². The molecule has 0 aromatic heterocycles. The first-order valence-electron chi connectivity index (χ1n) is 5.15. The number of carboxylic acids is 1. The van der Waals surface area contributed by atoms with Gasteiger partial charge in [0.05, 0.1) is 5.54 Å². The zero-order chi connectivity index (χ0) is 10.8. The molecule has 3 atom stereocenters. The Hall–Kier alpha value is -0.610. The van der Waals surface area contributed by atoms with E-state index < -0.39 is 17.6 Å². The average molecular weight is 201 g/mol. The molecule has 0 radical (unpaired) electrons. The van der Waals surface area contributed by atoms with Crippen LogP contribution < -0.4 is 5.73 Å². The van der Waals surface area contributed by atoms with E-state index >= 15 is 0 Å². The Morgan fingerprint density at radius 1 is 1.50 bits per heavy atom. The van der Waals surface area contributed by atoms with Crippen molar-refractivity contribution in [1.82, 2.24) is 0 Å². The Bertz CT molecular complexity index is 219. The zero-order valence-electron chi connectivity index (χ0n) is 8.57. The number of aliphatic hydroxyl groups is 1. The molecular formula is C10H19NO3. The SMILES string of the molecule is CC1CCCC(N)(C(O)C(=O)O)CC1. The van der Waals surface area contributed by atoms with Gasteiger partial charge < -0.3 is 15.9 Å². The molecule has 4 nitrogen and oxygen atoms in total. The van der Waals surface area contributed by atoms with Crippen LogP contribution in [-0.4, -0.2) is 27.8 Å². The van der Waals surface area contributed by atoms with Crippen LogP contribution in [0.25, 0.3) is 0 Å². The quantitative estimate of drug-likeness (QED) is 0.575. The highest BCUT2D eigenvalue weighted by Crippen LogP contribution is 2.30. The van der Waals surface area contributed by atoms with E-state index in [1.165, 1.54) is 0 Å². The molecule has 0 spiro atoms. The summed E-state index contributed by atoms with van der Waals surface area (Å²) in [6.07, 6.45) is 2.66. The summed E-state index contributed by atoms with van der Waals surface area (Å²) in [6, 6.07) is 0. The summed E-state index contributed by atoms with van der Waals surface area (Å²) >= 11 is 0. The van der Waals surface area contributed by atoms with Gasteiger partial charge in [-0.3, -0.25) is 0 Å². The zero-order valence-corrected chi connectivity index (χ0v) is 8.57. The van der Waals surface area contributed by atoms with E-state index in [0.717, 1.165) is 19.3 Å². The van der Waals surface area contributed by atoms with Crippen molar-refractivity contribution in [2.45, 2.75) is 50.7 Å². The molecule has 4 N–H and O–H groups in total. The fourth-order valence-electron chi connectivity index (χ4n) is 2.08. The van der Waals surface area contributed by atoms with Crippen LogP contribution in [-0.2, 0) is 4.79 Å². The van der Waals surface area contributed by atoms with Gasteiger partial charge in [0.2, 0.25) is 0 Å². The van der Waals surface area contributed by atoms with Crippen LogP contribution in [0.3, 0.4) is 0 Å². The van der Waals surface area contributed by atoms with Crippen LogP contribution in [0.4, 0.5) is 0 Å².